The lowest BCUT2D eigenvalue weighted by Gasteiger charge is -2.52. The normalized spacial score (nSPS) is 51.8. The average molecular weight is 1190 g/mol. The largest absolute Gasteiger partial charge is 0.394 e. The highest BCUT2D eigenvalue weighted by Gasteiger charge is 2.60. The summed E-state index contributed by atoms with van der Waals surface area (Å²) in [5.74, 6) is -1.72. The fourth-order valence-corrected chi connectivity index (χ4v) is 10.6. The van der Waals surface area contributed by atoms with E-state index in [0.29, 0.717) is 0 Å². The van der Waals surface area contributed by atoms with E-state index in [-0.39, 0.29) is 0 Å². The first-order valence-electron chi connectivity index (χ1n) is 26.2. The molecule has 0 aromatic heterocycles. The average Bonchev–Trinajstić information content (AvgIpc) is 3.57. The van der Waals surface area contributed by atoms with E-state index in [1.807, 2.05) is 0 Å². The van der Waals surface area contributed by atoms with Crippen LogP contribution in [0, 0.1) is 0 Å². The summed E-state index contributed by atoms with van der Waals surface area (Å²) < 4.78 is 77.2. The van der Waals surface area contributed by atoms with Crippen molar-refractivity contribution in [2.75, 3.05) is 26.4 Å². The number of hydrogen-bond acceptors (Lipinski definition) is 33. The van der Waals surface area contributed by atoms with Crippen LogP contribution in [0.15, 0.2) is 0 Å². The molecule has 7 aliphatic heterocycles. The molecule has 35 nitrogen and oxygen atoms in total. The lowest BCUT2D eigenvalue weighted by atomic mass is 9.93. The van der Waals surface area contributed by atoms with E-state index < -0.39 is 253 Å². The Balaban J connectivity index is 1.24. The van der Waals surface area contributed by atoms with E-state index in [1.54, 1.807) is 0 Å². The lowest BCUT2D eigenvalue weighted by Crippen LogP contribution is -2.72. The van der Waals surface area contributed by atoms with Crippen LogP contribution < -0.4 is 10.6 Å². The minimum Gasteiger partial charge on any atom is -0.394 e. The van der Waals surface area contributed by atoms with Crippen molar-refractivity contribution < 1.29 is 163 Å². The summed E-state index contributed by atoms with van der Waals surface area (Å²) in [6, 6.07) is -3.58. The number of aliphatic hydroxyl groups excluding tert-OH is 18. The Hall–Kier alpha value is -2.30. The first-order valence-corrected chi connectivity index (χ1v) is 26.2. The second kappa shape index (κ2) is 28.0. The summed E-state index contributed by atoms with van der Waals surface area (Å²) in [6.07, 6.45) is -61.9. The molecule has 470 valence electrons. The smallest absolute Gasteiger partial charge is 0.217 e. The number of rotatable bonds is 18. The van der Waals surface area contributed by atoms with Gasteiger partial charge in [-0.25, -0.2) is 0 Å². The van der Waals surface area contributed by atoms with Gasteiger partial charge in [-0.1, -0.05) is 0 Å². The van der Waals surface area contributed by atoms with Crippen molar-refractivity contribution in [3.05, 3.63) is 0 Å². The SMILES string of the molecule is CC(=O)NC1[C@H](OC2C(O)[C@H](O[C@@H]3C(CO)O[C@@H](O)C(NC(C)=O)[C@H]3O[C@@H]3OC(C)[C@@H](O)[C@H](O)C3O)O[C@@H](CO)[C@@H]2O)OC(CO)[C@@H](O[C@@H]2O[C@@H](CO)[C@H](O)C(O)C2O[C@@H]2O[C@@H](C)[C@@H](O)C(O)C2O)[C@@H]1O[C@@H]1OC(C)[C@@H](O)[C@H](O)C1O. The Bertz CT molecular complexity index is 2010. The number of carbonyl (C=O) groups is 2. The molecule has 35 heteroatoms. The molecule has 0 aromatic rings. The van der Waals surface area contributed by atoms with E-state index in [1.165, 1.54) is 20.8 Å². The zero-order valence-corrected chi connectivity index (χ0v) is 44.2. The Kier molecular flexibility index (Phi) is 22.9. The number of hydrogen-bond donors (Lipinski definition) is 20. The highest BCUT2D eigenvalue weighted by atomic mass is 16.8. The third-order valence-electron chi connectivity index (χ3n) is 15.2. The van der Waals surface area contributed by atoms with Gasteiger partial charge in [-0.2, -0.15) is 0 Å². The molecule has 35 atom stereocenters. The molecule has 0 saturated carbocycles. The van der Waals surface area contributed by atoms with Gasteiger partial charge in [0.25, 0.3) is 0 Å². The van der Waals surface area contributed by atoms with Crippen molar-refractivity contribution in [2.24, 2.45) is 0 Å². The van der Waals surface area contributed by atoms with Gasteiger partial charge in [0.1, 0.15) is 152 Å². The van der Waals surface area contributed by atoms with Gasteiger partial charge in [-0.3, -0.25) is 9.59 Å². The molecule has 0 radical (unpaired) electrons. The van der Waals surface area contributed by atoms with Gasteiger partial charge in [-0.05, 0) is 20.8 Å². The fraction of sp³-hybridized carbons (Fsp3) is 0.957. The van der Waals surface area contributed by atoms with Crippen LogP contribution >= 0.6 is 0 Å². The molecule has 0 bridgehead atoms. The summed E-state index contributed by atoms with van der Waals surface area (Å²) in [5, 5.41) is 201. The van der Waals surface area contributed by atoms with E-state index in [0.717, 1.165) is 13.8 Å². The number of carbonyl (C=O) groups excluding carboxylic acids is 2. The quantitative estimate of drug-likeness (QED) is 0.0606. The second-order valence-corrected chi connectivity index (χ2v) is 21.0. The Morgan fingerprint density at radius 1 is 0.321 bits per heavy atom. The van der Waals surface area contributed by atoms with Crippen LogP contribution in [0.5, 0.6) is 0 Å². The molecule has 0 aromatic carbocycles. The van der Waals surface area contributed by atoms with E-state index in [4.69, 9.17) is 61.6 Å². The van der Waals surface area contributed by atoms with Crippen LogP contribution in [0.4, 0.5) is 0 Å². The standard InChI is InChI=1S/C46H78N2O33/c1-10-21(55)26(60)30(64)42(69-10)78-36-19(47-13(4)53)40(68)72-17(8-51)34(36)76-45-33(67)38(25(59)16(7-50)73-45)80-41-20(48-14(5)54)37(79-43-31(65)27(61)22(56)11(2)70-43)35(18(9-52)75-41)77-46-39(29(63)24(58)15(6-49)74-46)81-44-32(66)28(62)23(57)12(3)71-44/h10-12,15-46,49-52,55-68H,6-9H2,1-5H3,(H,47,53)(H,48,54)/t10?,11?,12-,15-,16-,17?,18?,19?,20?,21+,22+,23+,24-,25-,26-,27-,28?,29?,30?,31?,32?,33?,34+,35+,36+,37+,38?,39?,40+,41-,42-,43-,44-,45-,46-/m0/s1. The highest BCUT2D eigenvalue weighted by molar-refractivity contribution is 5.73. The Morgan fingerprint density at radius 3 is 1.10 bits per heavy atom. The van der Waals surface area contributed by atoms with Crippen molar-refractivity contribution in [1.29, 1.82) is 0 Å². The first kappa shape index (κ1) is 66.2. The summed E-state index contributed by atoms with van der Waals surface area (Å²) in [5.41, 5.74) is 0. The minimum absolute atomic E-state index is 0.793. The van der Waals surface area contributed by atoms with Crippen molar-refractivity contribution in [3.8, 4) is 0 Å². The van der Waals surface area contributed by atoms with Gasteiger partial charge in [-0.15, -0.1) is 0 Å². The number of amides is 2. The second-order valence-electron chi connectivity index (χ2n) is 21.0. The maximum atomic E-state index is 13.3. The van der Waals surface area contributed by atoms with Gasteiger partial charge in [0.2, 0.25) is 11.8 Å². The van der Waals surface area contributed by atoms with Crippen LogP contribution in [-0.2, 0) is 71.2 Å². The minimum atomic E-state index is -2.30. The molecule has 20 N–H and O–H groups in total. The molecule has 81 heavy (non-hydrogen) atoms. The van der Waals surface area contributed by atoms with Crippen LogP contribution in [0.25, 0.3) is 0 Å². The molecule has 0 aliphatic carbocycles. The third-order valence-corrected chi connectivity index (χ3v) is 15.2. The van der Waals surface area contributed by atoms with Crippen LogP contribution in [0.3, 0.4) is 0 Å². The molecule has 2 amide bonds. The first-order chi connectivity index (χ1) is 38.2. The van der Waals surface area contributed by atoms with Gasteiger partial charge >= 0.3 is 0 Å². The summed E-state index contributed by atoms with van der Waals surface area (Å²) in [7, 11) is 0. The molecular weight excluding hydrogens is 1110 g/mol. The fourth-order valence-electron chi connectivity index (χ4n) is 10.6. The maximum Gasteiger partial charge on any atom is 0.217 e. The predicted molar refractivity (Wildman–Crippen MR) is 251 cm³/mol. The maximum absolute atomic E-state index is 13.3. The number of nitrogens with one attached hydrogen (secondary N) is 2. The van der Waals surface area contributed by atoms with E-state index in [9.17, 15) is 102 Å². The molecular formula is C46H78N2O33. The van der Waals surface area contributed by atoms with Crippen molar-refractivity contribution in [2.45, 2.75) is 249 Å². The molecule has 7 saturated heterocycles. The van der Waals surface area contributed by atoms with E-state index in [2.05, 4.69) is 10.6 Å². The van der Waals surface area contributed by atoms with Crippen molar-refractivity contribution in [3.63, 3.8) is 0 Å². The Labute approximate surface area is 460 Å². The monoisotopic (exact) mass is 1190 g/mol. The topological polar surface area (TPSA) is 542 Å². The zero-order valence-electron chi connectivity index (χ0n) is 44.2. The highest BCUT2D eigenvalue weighted by Crippen LogP contribution is 2.39. The Morgan fingerprint density at radius 2 is 0.654 bits per heavy atom. The van der Waals surface area contributed by atoms with Gasteiger partial charge in [0, 0.05) is 13.8 Å². The predicted octanol–water partition coefficient (Wildman–Crippen LogP) is -12.9. The lowest BCUT2D eigenvalue weighted by molar-refractivity contribution is -0.401. The molecule has 7 aliphatic rings. The van der Waals surface area contributed by atoms with Crippen LogP contribution in [0.1, 0.15) is 34.6 Å². The van der Waals surface area contributed by atoms with Gasteiger partial charge in [0.15, 0.2) is 44.0 Å². The summed E-state index contributed by atoms with van der Waals surface area (Å²) in [6.45, 7) is 1.71. The molecule has 7 rings (SSSR count). The summed E-state index contributed by atoms with van der Waals surface area (Å²) >= 11 is 0. The zero-order chi connectivity index (χ0) is 59.8. The van der Waals surface area contributed by atoms with Gasteiger partial charge < -0.3 is 164 Å². The molecule has 7 heterocycles. The van der Waals surface area contributed by atoms with Crippen molar-refractivity contribution >= 4 is 11.8 Å². The number of ether oxygens (including phenoxy) is 13. The van der Waals surface area contributed by atoms with Gasteiger partial charge in [0.05, 0.1) is 44.7 Å². The van der Waals surface area contributed by atoms with Crippen LogP contribution in [0.2, 0.25) is 0 Å². The molecule has 7 fully saturated rings. The van der Waals surface area contributed by atoms with Crippen molar-refractivity contribution in [1.82, 2.24) is 10.6 Å². The summed E-state index contributed by atoms with van der Waals surface area (Å²) in [4.78, 5) is 25.8. The molecule has 14 unspecified atom stereocenters. The van der Waals surface area contributed by atoms with E-state index >= 15 is 0 Å². The molecule has 0 spiro atoms. The van der Waals surface area contributed by atoms with Crippen LogP contribution in [-0.4, -0.2) is 345 Å². The number of aliphatic hydroxyl groups is 18. The third kappa shape index (κ3) is 14.1.